The zero-order valence-electron chi connectivity index (χ0n) is 19.0. The lowest BCUT2D eigenvalue weighted by Crippen LogP contribution is -2.56. The highest BCUT2D eigenvalue weighted by atomic mass is 32.2. The molecule has 0 amide bonds. The number of rotatable bonds is 4. The van der Waals surface area contributed by atoms with Crippen LogP contribution in [-0.4, -0.2) is 41.5 Å². The number of nitrogens with zero attached hydrogens (tertiary/aromatic N) is 3. The van der Waals surface area contributed by atoms with E-state index < -0.39 is 21.4 Å². The number of aromatic hydroxyl groups is 1. The maximum absolute atomic E-state index is 13.9. The molecule has 6 nitrogen and oxygen atoms in total. The standard InChI is InChI=1S/C25H26FN3O3S2/c1-17-14-25(9-11-34(31,32)29(25)21-5-3-4-20(26)13-21)8-10-28(17)15-19-6-7-23(30)22(12-19)24-18(2)33-16-27-24/h3-7,9,11-13,16-17,30H,8,10,14-15H2,1-2H3/t17-,25-/m0/s1. The van der Waals surface area contributed by atoms with E-state index in [9.17, 15) is 17.9 Å². The summed E-state index contributed by atoms with van der Waals surface area (Å²) >= 11 is 1.54. The Labute approximate surface area is 203 Å². The number of anilines is 1. The number of halogens is 1. The van der Waals surface area contributed by atoms with Crippen LogP contribution in [0.3, 0.4) is 0 Å². The molecule has 34 heavy (non-hydrogen) atoms. The first kappa shape index (κ1) is 23.0. The number of benzene rings is 2. The largest absolute Gasteiger partial charge is 0.507 e. The van der Waals surface area contributed by atoms with Crippen molar-refractivity contribution < 1.29 is 17.9 Å². The fourth-order valence-corrected chi connectivity index (χ4v) is 7.42. The second kappa shape index (κ2) is 8.48. The van der Waals surface area contributed by atoms with Gasteiger partial charge in [-0.3, -0.25) is 9.21 Å². The summed E-state index contributed by atoms with van der Waals surface area (Å²) in [7, 11) is -3.67. The molecule has 0 bridgehead atoms. The predicted octanol–water partition coefficient (Wildman–Crippen LogP) is 5.05. The average molecular weight is 500 g/mol. The molecule has 0 radical (unpaired) electrons. The highest BCUT2D eigenvalue weighted by Crippen LogP contribution is 2.43. The topological polar surface area (TPSA) is 73.7 Å². The van der Waals surface area contributed by atoms with Gasteiger partial charge in [-0.05, 0) is 68.7 Å². The molecule has 1 N–H and O–H groups in total. The molecule has 0 aliphatic carbocycles. The maximum atomic E-state index is 13.9. The van der Waals surface area contributed by atoms with Crippen LogP contribution in [0, 0.1) is 12.7 Å². The molecule has 1 aromatic heterocycles. The van der Waals surface area contributed by atoms with Crippen LogP contribution in [0.15, 0.2) is 59.5 Å². The summed E-state index contributed by atoms with van der Waals surface area (Å²) in [5.41, 5.74) is 3.99. The molecule has 3 aromatic rings. The zero-order chi connectivity index (χ0) is 24.1. The Morgan fingerprint density at radius 1 is 1.26 bits per heavy atom. The number of hydrogen-bond acceptors (Lipinski definition) is 6. The molecule has 5 rings (SSSR count). The van der Waals surface area contributed by atoms with Gasteiger partial charge in [0.25, 0.3) is 10.0 Å². The Morgan fingerprint density at radius 3 is 2.79 bits per heavy atom. The van der Waals surface area contributed by atoms with Crippen LogP contribution in [0.1, 0.15) is 30.2 Å². The number of phenolic OH excluding ortho intramolecular Hbond substituents is 1. The monoisotopic (exact) mass is 499 g/mol. The van der Waals surface area contributed by atoms with E-state index >= 15 is 0 Å². The van der Waals surface area contributed by atoms with Crippen molar-refractivity contribution in [1.29, 1.82) is 0 Å². The van der Waals surface area contributed by atoms with Crippen molar-refractivity contribution in [3.05, 3.63) is 75.7 Å². The Hall–Kier alpha value is -2.75. The average Bonchev–Trinajstić information content (AvgIpc) is 3.31. The summed E-state index contributed by atoms with van der Waals surface area (Å²) in [6.07, 6.45) is 2.96. The van der Waals surface area contributed by atoms with E-state index in [0.717, 1.165) is 21.7 Å². The van der Waals surface area contributed by atoms with E-state index in [-0.39, 0.29) is 11.8 Å². The number of aromatic nitrogens is 1. The van der Waals surface area contributed by atoms with Crippen LogP contribution in [0.5, 0.6) is 5.75 Å². The highest BCUT2D eigenvalue weighted by molar-refractivity contribution is 7.96. The Kier molecular flexibility index (Phi) is 5.74. The summed E-state index contributed by atoms with van der Waals surface area (Å²) in [5, 5.41) is 11.6. The maximum Gasteiger partial charge on any atom is 0.258 e. The van der Waals surface area contributed by atoms with Gasteiger partial charge < -0.3 is 5.11 Å². The molecular formula is C25H26FN3O3S2. The third-order valence-corrected chi connectivity index (χ3v) is 9.12. The molecule has 1 spiro atoms. The van der Waals surface area contributed by atoms with Crippen molar-refractivity contribution in [2.75, 3.05) is 10.8 Å². The van der Waals surface area contributed by atoms with Gasteiger partial charge in [0.05, 0.1) is 22.4 Å². The Morgan fingerprint density at radius 2 is 2.09 bits per heavy atom. The van der Waals surface area contributed by atoms with Crippen LogP contribution >= 0.6 is 11.3 Å². The van der Waals surface area contributed by atoms with Crippen molar-refractivity contribution >= 4 is 27.0 Å². The van der Waals surface area contributed by atoms with Gasteiger partial charge in [-0.25, -0.2) is 17.8 Å². The summed E-state index contributed by atoms with van der Waals surface area (Å²) < 4.78 is 41.1. The fourth-order valence-electron chi connectivity index (χ4n) is 5.14. The van der Waals surface area contributed by atoms with Crippen LogP contribution in [0.4, 0.5) is 10.1 Å². The smallest absolute Gasteiger partial charge is 0.258 e. The van der Waals surface area contributed by atoms with E-state index in [2.05, 4.69) is 16.8 Å². The minimum Gasteiger partial charge on any atom is -0.507 e. The molecule has 2 aliphatic rings. The number of sulfonamides is 1. The second-order valence-corrected chi connectivity index (χ2v) is 11.8. The molecule has 0 unspecified atom stereocenters. The number of aryl methyl sites for hydroxylation is 1. The van der Waals surface area contributed by atoms with Crippen LogP contribution in [0.2, 0.25) is 0 Å². The molecular weight excluding hydrogens is 473 g/mol. The van der Waals surface area contributed by atoms with Gasteiger partial charge in [-0.1, -0.05) is 12.1 Å². The molecule has 2 aromatic carbocycles. The molecule has 2 atom stereocenters. The fraction of sp³-hybridized carbons (Fsp3) is 0.320. The first-order valence-corrected chi connectivity index (χ1v) is 13.5. The molecule has 1 fully saturated rings. The van der Waals surface area contributed by atoms with E-state index in [4.69, 9.17) is 0 Å². The molecule has 9 heteroatoms. The Bertz CT molecular complexity index is 1370. The van der Waals surface area contributed by atoms with Crippen LogP contribution in [0.25, 0.3) is 11.3 Å². The van der Waals surface area contributed by atoms with Gasteiger partial charge in [-0.2, -0.15) is 0 Å². The van der Waals surface area contributed by atoms with Crippen molar-refractivity contribution in [3.63, 3.8) is 0 Å². The van der Waals surface area contributed by atoms with Gasteiger partial charge in [0.1, 0.15) is 11.6 Å². The molecule has 2 aliphatic heterocycles. The summed E-state index contributed by atoms with van der Waals surface area (Å²) in [4.78, 5) is 7.77. The van der Waals surface area contributed by atoms with E-state index in [1.54, 1.807) is 35.1 Å². The lowest BCUT2D eigenvalue weighted by Gasteiger charge is -2.47. The summed E-state index contributed by atoms with van der Waals surface area (Å²) in [6.45, 7) is 5.43. The first-order valence-electron chi connectivity index (χ1n) is 11.2. The number of thiazole rings is 1. The quantitative estimate of drug-likeness (QED) is 0.544. The van der Waals surface area contributed by atoms with Crippen molar-refractivity contribution in [2.24, 2.45) is 0 Å². The summed E-state index contributed by atoms with van der Waals surface area (Å²) in [6, 6.07) is 11.5. The number of phenols is 1. The van der Waals surface area contributed by atoms with Crippen LogP contribution in [-0.2, 0) is 16.6 Å². The first-order chi connectivity index (χ1) is 16.2. The minimum absolute atomic E-state index is 0.0843. The highest BCUT2D eigenvalue weighted by Gasteiger charge is 2.49. The predicted molar refractivity (Wildman–Crippen MR) is 133 cm³/mol. The van der Waals surface area contributed by atoms with Crippen LogP contribution < -0.4 is 4.31 Å². The SMILES string of the molecule is Cc1scnc1-c1cc(CN2CC[C@]3(C=CS(=O)(=O)N3c3cccc(F)c3)C[C@@H]2C)ccc1O. The summed E-state index contributed by atoms with van der Waals surface area (Å²) in [5.74, 6) is -0.255. The lowest BCUT2D eigenvalue weighted by molar-refractivity contribution is 0.120. The van der Waals surface area contributed by atoms with Gasteiger partial charge in [0.2, 0.25) is 0 Å². The zero-order valence-corrected chi connectivity index (χ0v) is 20.6. The third kappa shape index (κ3) is 4.01. The van der Waals surface area contributed by atoms with Crippen molar-refractivity contribution in [3.8, 4) is 17.0 Å². The van der Waals surface area contributed by atoms with E-state index in [0.29, 0.717) is 31.6 Å². The molecule has 178 valence electrons. The van der Waals surface area contributed by atoms with Crippen molar-refractivity contribution in [2.45, 2.75) is 44.8 Å². The van der Waals surface area contributed by atoms with E-state index in [1.807, 2.05) is 19.1 Å². The number of hydrogen-bond donors (Lipinski definition) is 1. The minimum atomic E-state index is -3.67. The second-order valence-electron chi connectivity index (χ2n) is 9.08. The van der Waals surface area contributed by atoms with Crippen molar-refractivity contribution in [1.82, 2.24) is 9.88 Å². The lowest BCUT2D eigenvalue weighted by atomic mass is 9.83. The number of piperidine rings is 1. The van der Waals surface area contributed by atoms with Gasteiger partial charge in [0, 0.05) is 35.0 Å². The Balaban J connectivity index is 1.38. The molecule has 3 heterocycles. The van der Waals surface area contributed by atoms with E-state index in [1.165, 1.54) is 27.9 Å². The molecule has 0 saturated carbocycles. The third-order valence-electron chi connectivity index (χ3n) is 6.80. The normalized spacial score (nSPS) is 24.2. The number of likely N-dealkylation sites (tertiary alicyclic amines) is 1. The van der Waals surface area contributed by atoms with Gasteiger partial charge in [-0.15, -0.1) is 11.3 Å². The van der Waals surface area contributed by atoms with Gasteiger partial charge >= 0.3 is 0 Å². The van der Waals surface area contributed by atoms with Gasteiger partial charge in [0.15, 0.2) is 0 Å². The molecule has 1 saturated heterocycles.